The number of nitrogen functional groups attached to an aromatic ring is 1. The number of pyridine rings is 2. The molecule has 36 heavy (non-hydrogen) atoms. The summed E-state index contributed by atoms with van der Waals surface area (Å²) in [6.07, 6.45) is -2.55. The van der Waals surface area contributed by atoms with Crippen molar-refractivity contribution in [2.45, 2.75) is 32.1 Å². The monoisotopic (exact) mass is 494 g/mol. The third-order valence-electron chi connectivity index (χ3n) is 6.04. The smallest absolute Gasteiger partial charge is 0.435 e. The molecule has 8 nitrogen and oxygen atoms in total. The summed E-state index contributed by atoms with van der Waals surface area (Å²) in [5, 5.41) is 7.80. The van der Waals surface area contributed by atoms with Gasteiger partial charge in [0.2, 0.25) is 0 Å². The molecule has 0 fully saturated rings. The van der Waals surface area contributed by atoms with Crippen LogP contribution < -0.4 is 10.5 Å². The Labute approximate surface area is 203 Å². The van der Waals surface area contributed by atoms with E-state index in [-0.39, 0.29) is 18.1 Å². The van der Waals surface area contributed by atoms with Gasteiger partial charge in [-0.2, -0.15) is 18.3 Å². The number of nitrogens with two attached hydrogens (primary N) is 1. The Balaban J connectivity index is 1.54. The first-order valence-corrected chi connectivity index (χ1v) is 11.2. The summed E-state index contributed by atoms with van der Waals surface area (Å²) >= 11 is 0. The van der Waals surface area contributed by atoms with Gasteiger partial charge in [0, 0.05) is 23.6 Å². The van der Waals surface area contributed by atoms with Gasteiger partial charge in [-0.1, -0.05) is 0 Å². The fourth-order valence-electron chi connectivity index (χ4n) is 4.19. The van der Waals surface area contributed by atoms with Crippen molar-refractivity contribution in [3.8, 4) is 5.75 Å². The third kappa shape index (κ3) is 4.51. The molecule has 0 bridgehead atoms. The average Bonchev–Trinajstić information content (AvgIpc) is 2.87. The number of halogens is 3. The van der Waals surface area contributed by atoms with Gasteiger partial charge >= 0.3 is 6.18 Å². The summed E-state index contributed by atoms with van der Waals surface area (Å²) in [6.45, 7) is 2.12. The SMILES string of the molecule is Cc1cc2cc(C(=O)N(Cc3ccc(C(F)(F)F)nn3)[C@@H]3CCOc4cccnc43)ccc2nc1N. The molecule has 0 radical (unpaired) electrons. The number of hydrogen-bond donors (Lipinski definition) is 1. The number of amides is 1. The van der Waals surface area contributed by atoms with Crippen molar-refractivity contribution in [1.82, 2.24) is 25.1 Å². The second-order valence-corrected chi connectivity index (χ2v) is 8.48. The molecule has 0 unspecified atom stereocenters. The van der Waals surface area contributed by atoms with Crippen LogP contribution in [0.2, 0.25) is 0 Å². The molecule has 4 aromatic rings. The number of rotatable bonds is 4. The number of nitrogens with zero attached hydrogens (tertiary/aromatic N) is 5. The van der Waals surface area contributed by atoms with Crippen LogP contribution in [0.4, 0.5) is 19.0 Å². The largest absolute Gasteiger partial charge is 0.491 e. The zero-order chi connectivity index (χ0) is 25.4. The number of benzene rings is 1. The minimum absolute atomic E-state index is 0.0678. The van der Waals surface area contributed by atoms with Gasteiger partial charge in [-0.3, -0.25) is 9.78 Å². The summed E-state index contributed by atoms with van der Waals surface area (Å²) in [7, 11) is 0. The molecule has 2 N–H and O–H groups in total. The van der Waals surface area contributed by atoms with Gasteiger partial charge in [-0.15, -0.1) is 5.10 Å². The van der Waals surface area contributed by atoms with Crippen LogP contribution in [0, 0.1) is 6.92 Å². The van der Waals surface area contributed by atoms with E-state index in [0.29, 0.717) is 41.4 Å². The maximum absolute atomic E-state index is 13.9. The van der Waals surface area contributed by atoms with Gasteiger partial charge < -0.3 is 15.4 Å². The topological polar surface area (TPSA) is 107 Å². The first-order valence-electron chi connectivity index (χ1n) is 11.2. The van der Waals surface area contributed by atoms with Crippen LogP contribution in [0.25, 0.3) is 10.9 Å². The molecule has 11 heteroatoms. The second-order valence-electron chi connectivity index (χ2n) is 8.48. The number of carbonyl (C=O) groups is 1. The van der Waals surface area contributed by atoms with Gasteiger partial charge in [-0.25, -0.2) is 4.98 Å². The Morgan fingerprint density at radius 3 is 2.75 bits per heavy atom. The molecule has 0 saturated heterocycles. The summed E-state index contributed by atoms with van der Waals surface area (Å²) in [4.78, 5) is 24.2. The van der Waals surface area contributed by atoms with E-state index in [9.17, 15) is 18.0 Å². The molecule has 5 rings (SSSR count). The lowest BCUT2D eigenvalue weighted by Crippen LogP contribution is -2.38. The molecule has 4 heterocycles. The highest BCUT2D eigenvalue weighted by Gasteiger charge is 2.35. The minimum atomic E-state index is -4.61. The minimum Gasteiger partial charge on any atom is -0.491 e. The second kappa shape index (κ2) is 9.06. The molecule has 1 amide bonds. The Hall–Kier alpha value is -4.28. The number of anilines is 1. The van der Waals surface area contributed by atoms with Crippen molar-refractivity contribution in [1.29, 1.82) is 0 Å². The van der Waals surface area contributed by atoms with Crippen molar-refractivity contribution in [2.75, 3.05) is 12.3 Å². The van der Waals surface area contributed by atoms with E-state index in [1.165, 1.54) is 6.07 Å². The van der Waals surface area contributed by atoms with Crippen LogP contribution in [-0.2, 0) is 12.7 Å². The first-order chi connectivity index (χ1) is 17.2. The van der Waals surface area contributed by atoms with Crippen LogP contribution in [-0.4, -0.2) is 37.6 Å². The maximum atomic E-state index is 13.9. The highest BCUT2D eigenvalue weighted by atomic mass is 19.4. The van der Waals surface area contributed by atoms with E-state index in [1.807, 2.05) is 13.0 Å². The standard InChI is InChI=1S/C25H21F3N6O2/c1-14-11-16-12-15(4-6-18(16)31-23(14)29)24(35)34(13-17-5-7-21(33-32-17)25(26,27)28)19-8-10-36-20-3-2-9-30-22(19)20/h2-7,9,11-12,19H,8,10,13H2,1H3,(H2,29,31)/t19-/m1/s1. The number of aryl methyl sites for hydroxylation is 1. The van der Waals surface area contributed by atoms with Crippen molar-refractivity contribution in [3.05, 3.63) is 82.9 Å². The number of ether oxygens (including phenoxy) is 1. The number of fused-ring (bicyclic) bond motifs is 2. The molecule has 1 atom stereocenters. The predicted molar refractivity (Wildman–Crippen MR) is 125 cm³/mol. The molecular weight excluding hydrogens is 473 g/mol. The molecule has 1 aliphatic heterocycles. The highest BCUT2D eigenvalue weighted by Crippen LogP contribution is 2.36. The Kier molecular flexibility index (Phi) is 5.91. The van der Waals surface area contributed by atoms with Crippen molar-refractivity contribution < 1.29 is 22.7 Å². The number of hydrogen-bond acceptors (Lipinski definition) is 7. The molecular formula is C25H21F3N6O2. The maximum Gasteiger partial charge on any atom is 0.435 e. The average molecular weight is 494 g/mol. The summed E-state index contributed by atoms with van der Waals surface area (Å²) in [5.41, 5.74) is 7.41. The normalized spacial score (nSPS) is 15.3. The predicted octanol–water partition coefficient (Wildman–Crippen LogP) is 4.50. The van der Waals surface area contributed by atoms with Crippen LogP contribution in [0.15, 0.2) is 54.7 Å². The van der Waals surface area contributed by atoms with Gasteiger partial charge in [-0.05, 0) is 61.0 Å². The van der Waals surface area contributed by atoms with Crippen LogP contribution in [0.3, 0.4) is 0 Å². The molecule has 3 aromatic heterocycles. The number of carbonyl (C=O) groups excluding carboxylic acids is 1. The van der Waals surface area contributed by atoms with Crippen molar-refractivity contribution in [3.63, 3.8) is 0 Å². The molecule has 1 aromatic carbocycles. The Morgan fingerprint density at radius 2 is 2.00 bits per heavy atom. The Bertz CT molecular complexity index is 1440. The van der Waals surface area contributed by atoms with Crippen LogP contribution in [0.1, 0.15) is 45.5 Å². The van der Waals surface area contributed by atoms with Crippen molar-refractivity contribution in [2.24, 2.45) is 0 Å². The van der Waals surface area contributed by atoms with Crippen LogP contribution >= 0.6 is 0 Å². The quantitative estimate of drug-likeness (QED) is 0.445. The lowest BCUT2D eigenvalue weighted by molar-refractivity contribution is -0.141. The van der Waals surface area contributed by atoms with E-state index in [0.717, 1.165) is 17.0 Å². The lowest BCUT2D eigenvalue weighted by Gasteiger charge is -2.34. The lowest BCUT2D eigenvalue weighted by atomic mass is 10.0. The highest BCUT2D eigenvalue weighted by molar-refractivity contribution is 5.98. The summed E-state index contributed by atoms with van der Waals surface area (Å²) < 4.78 is 44.6. The molecule has 0 spiro atoms. The number of alkyl halides is 3. The summed E-state index contributed by atoms with van der Waals surface area (Å²) in [5.74, 6) is 0.629. The molecule has 0 saturated carbocycles. The fraction of sp³-hybridized carbons (Fsp3) is 0.240. The van der Waals surface area contributed by atoms with E-state index in [1.54, 1.807) is 41.4 Å². The van der Waals surface area contributed by atoms with Crippen LogP contribution in [0.5, 0.6) is 5.75 Å². The van der Waals surface area contributed by atoms with E-state index < -0.39 is 17.9 Å². The number of aromatic nitrogens is 4. The summed E-state index contributed by atoms with van der Waals surface area (Å²) in [6, 6.07) is 12.0. The van der Waals surface area contributed by atoms with Gasteiger partial charge in [0.15, 0.2) is 5.69 Å². The molecule has 184 valence electrons. The van der Waals surface area contributed by atoms with Crippen molar-refractivity contribution >= 4 is 22.6 Å². The van der Waals surface area contributed by atoms with Gasteiger partial charge in [0.25, 0.3) is 5.91 Å². The van der Waals surface area contributed by atoms with Gasteiger partial charge in [0.05, 0.1) is 30.4 Å². The molecule has 1 aliphatic rings. The zero-order valence-electron chi connectivity index (χ0n) is 19.2. The third-order valence-corrected chi connectivity index (χ3v) is 6.04. The van der Waals surface area contributed by atoms with E-state index in [2.05, 4.69) is 20.2 Å². The zero-order valence-corrected chi connectivity index (χ0v) is 19.2. The Morgan fingerprint density at radius 1 is 1.17 bits per heavy atom. The van der Waals surface area contributed by atoms with Gasteiger partial charge in [0.1, 0.15) is 17.3 Å². The fourth-order valence-corrected chi connectivity index (χ4v) is 4.19. The first kappa shape index (κ1) is 23.5. The molecule has 0 aliphatic carbocycles. The van der Waals surface area contributed by atoms with E-state index >= 15 is 0 Å². The van der Waals surface area contributed by atoms with E-state index in [4.69, 9.17) is 10.5 Å².